The Morgan fingerprint density at radius 3 is 2.81 bits per heavy atom. The van der Waals surface area contributed by atoms with Crippen LogP contribution in [0.25, 0.3) is 0 Å². The van der Waals surface area contributed by atoms with E-state index in [9.17, 15) is 13.2 Å². The van der Waals surface area contributed by atoms with Crippen LogP contribution in [-0.2, 0) is 21.4 Å². The molecule has 2 N–H and O–H groups in total. The van der Waals surface area contributed by atoms with E-state index >= 15 is 0 Å². The van der Waals surface area contributed by atoms with Crippen molar-refractivity contribution < 1.29 is 13.2 Å². The molecule has 8 heteroatoms. The second kappa shape index (κ2) is 7.65. The molecule has 2 heterocycles. The standard InChI is InChI=1S/C18H20N4O3S/c1-13(10-18(23)20-12-14-5-4-8-19-11-14)9-17-21-15-6-2-3-7-16(15)26(24,25)22-17/h2-8,11,13H,9-10,12H2,1H3,(H,20,23)(H,21,22). The first-order chi connectivity index (χ1) is 12.4. The van der Waals surface area contributed by atoms with Crippen LogP contribution < -0.4 is 10.6 Å². The first-order valence-corrected chi connectivity index (χ1v) is 9.73. The molecule has 1 aliphatic rings. The Labute approximate surface area is 152 Å². The molecule has 0 saturated heterocycles. The molecule has 1 atom stereocenters. The van der Waals surface area contributed by atoms with Crippen molar-refractivity contribution in [3.8, 4) is 0 Å². The third-order valence-corrected chi connectivity index (χ3v) is 5.33. The van der Waals surface area contributed by atoms with Crippen molar-refractivity contribution >= 4 is 27.5 Å². The lowest BCUT2D eigenvalue weighted by Gasteiger charge is -2.20. The van der Waals surface area contributed by atoms with E-state index in [-0.39, 0.29) is 23.1 Å². The van der Waals surface area contributed by atoms with Gasteiger partial charge in [0.2, 0.25) is 5.91 Å². The molecule has 1 aliphatic heterocycles. The first kappa shape index (κ1) is 18.1. The topological polar surface area (TPSA) is 101 Å². The minimum absolute atomic E-state index is 0.0596. The highest BCUT2D eigenvalue weighted by Gasteiger charge is 2.25. The normalized spacial score (nSPS) is 16.0. The van der Waals surface area contributed by atoms with Crippen molar-refractivity contribution in [3.05, 3.63) is 54.4 Å². The van der Waals surface area contributed by atoms with Crippen molar-refractivity contribution in [2.45, 2.75) is 31.2 Å². The number of hydrogen-bond donors (Lipinski definition) is 2. The molecular weight excluding hydrogens is 352 g/mol. The van der Waals surface area contributed by atoms with E-state index in [0.29, 0.717) is 24.5 Å². The number of carbonyl (C=O) groups excluding carboxylic acids is 1. The second-order valence-corrected chi connectivity index (χ2v) is 7.86. The molecule has 0 spiro atoms. The van der Waals surface area contributed by atoms with Gasteiger partial charge in [-0.15, -0.1) is 4.40 Å². The first-order valence-electron chi connectivity index (χ1n) is 8.29. The van der Waals surface area contributed by atoms with Crippen LogP contribution in [0.3, 0.4) is 0 Å². The van der Waals surface area contributed by atoms with Crippen molar-refractivity contribution in [2.24, 2.45) is 10.3 Å². The molecule has 1 unspecified atom stereocenters. The Kier molecular flexibility index (Phi) is 5.32. The summed E-state index contributed by atoms with van der Waals surface area (Å²) in [4.78, 5) is 16.3. The zero-order valence-corrected chi connectivity index (χ0v) is 15.2. The quantitative estimate of drug-likeness (QED) is 0.810. The lowest BCUT2D eigenvalue weighted by molar-refractivity contribution is -0.122. The van der Waals surface area contributed by atoms with Gasteiger partial charge in [0.25, 0.3) is 10.0 Å². The molecule has 7 nitrogen and oxygen atoms in total. The van der Waals surface area contributed by atoms with Gasteiger partial charge in [0, 0.05) is 31.8 Å². The lowest BCUT2D eigenvalue weighted by atomic mass is 10.0. The number of para-hydroxylation sites is 1. The molecule has 0 fully saturated rings. The average molecular weight is 372 g/mol. The zero-order valence-electron chi connectivity index (χ0n) is 14.3. The van der Waals surface area contributed by atoms with Crippen LogP contribution in [0.2, 0.25) is 0 Å². The van der Waals surface area contributed by atoms with Crippen LogP contribution in [0.1, 0.15) is 25.3 Å². The molecule has 0 aliphatic carbocycles. The summed E-state index contributed by atoms with van der Waals surface area (Å²) in [6.07, 6.45) is 4.03. The van der Waals surface area contributed by atoms with E-state index in [1.54, 1.807) is 30.6 Å². The summed E-state index contributed by atoms with van der Waals surface area (Å²) in [5, 5.41) is 5.89. The third-order valence-electron chi connectivity index (χ3n) is 3.96. The Morgan fingerprint density at radius 2 is 2.04 bits per heavy atom. The number of anilines is 1. The summed E-state index contributed by atoms with van der Waals surface area (Å²) in [5.74, 6) is 0.202. The fourth-order valence-corrected chi connectivity index (χ4v) is 3.91. The largest absolute Gasteiger partial charge is 0.352 e. The van der Waals surface area contributed by atoms with Gasteiger partial charge in [-0.1, -0.05) is 25.1 Å². The van der Waals surface area contributed by atoms with E-state index < -0.39 is 10.0 Å². The summed E-state index contributed by atoms with van der Waals surface area (Å²) >= 11 is 0. The maximum atomic E-state index is 12.2. The maximum Gasteiger partial charge on any atom is 0.286 e. The van der Waals surface area contributed by atoms with Gasteiger partial charge in [-0.2, -0.15) is 8.42 Å². The van der Waals surface area contributed by atoms with E-state index in [0.717, 1.165) is 5.56 Å². The van der Waals surface area contributed by atoms with Crippen LogP contribution in [0.15, 0.2) is 58.1 Å². The maximum absolute atomic E-state index is 12.2. The summed E-state index contributed by atoms with van der Waals surface area (Å²) in [6, 6.07) is 10.3. The fraction of sp³-hybridized carbons (Fsp3) is 0.278. The van der Waals surface area contributed by atoms with Crippen LogP contribution in [0.4, 0.5) is 5.69 Å². The minimum Gasteiger partial charge on any atom is -0.352 e. The second-order valence-electron chi connectivity index (χ2n) is 6.29. The Balaban J connectivity index is 1.56. The van der Waals surface area contributed by atoms with Crippen LogP contribution in [-0.4, -0.2) is 25.1 Å². The zero-order chi connectivity index (χ0) is 18.6. The molecule has 26 heavy (non-hydrogen) atoms. The number of hydrogen-bond acceptors (Lipinski definition) is 5. The average Bonchev–Trinajstić information content (AvgIpc) is 2.60. The van der Waals surface area contributed by atoms with Gasteiger partial charge in [-0.3, -0.25) is 9.78 Å². The molecule has 1 aromatic heterocycles. The Hall–Kier alpha value is -2.74. The Morgan fingerprint density at radius 1 is 1.23 bits per heavy atom. The van der Waals surface area contributed by atoms with Crippen molar-refractivity contribution in [1.29, 1.82) is 0 Å². The van der Waals surface area contributed by atoms with Gasteiger partial charge in [0.05, 0.1) is 5.69 Å². The van der Waals surface area contributed by atoms with Crippen LogP contribution in [0, 0.1) is 5.92 Å². The molecule has 0 radical (unpaired) electrons. The number of fused-ring (bicyclic) bond motifs is 1. The molecule has 0 saturated carbocycles. The molecule has 2 aromatic rings. The Bertz CT molecular complexity index is 926. The molecular formula is C18H20N4O3S. The number of nitrogens with zero attached hydrogens (tertiary/aromatic N) is 2. The number of carbonyl (C=O) groups is 1. The number of sulfonamides is 1. The summed E-state index contributed by atoms with van der Waals surface area (Å²) in [7, 11) is -3.69. The van der Waals surface area contributed by atoms with Gasteiger partial charge >= 0.3 is 0 Å². The van der Waals surface area contributed by atoms with Crippen LogP contribution >= 0.6 is 0 Å². The molecule has 136 valence electrons. The minimum atomic E-state index is -3.69. The predicted octanol–water partition coefficient (Wildman–Crippen LogP) is 2.33. The van der Waals surface area contributed by atoms with Crippen molar-refractivity contribution in [3.63, 3.8) is 0 Å². The smallest absolute Gasteiger partial charge is 0.286 e. The van der Waals surface area contributed by atoms with Gasteiger partial charge in [0.1, 0.15) is 10.7 Å². The SMILES string of the molecule is CC(CC(=O)NCc1cccnc1)CC1=NS(=O)(=O)c2ccccc2N1. The molecule has 1 amide bonds. The highest BCUT2D eigenvalue weighted by Crippen LogP contribution is 2.28. The van der Waals surface area contributed by atoms with Gasteiger partial charge in [-0.05, 0) is 29.7 Å². The number of aromatic nitrogens is 1. The molecule has 3 rings (SSSR count). The summed E-state index contributed by atoms with van der Waals surface area (Å²) in [6.45, 7) is 2.31. The van der Waals surface area contributed by atoms with E-state index in [4.69, 9.17) is 0 Å². The lowest BCUT2D eigenvalue weighted by Crippen LogP contribution is -2.27. The number of amidine groups is 1. The number of nitrogens with one attached hydrogen (secondary N) is 2. The number of benzene rings is 1. The predicted molar refractivity (Wildman–Crippen MR) is 99.2 cm³/mol. The van der Waals surface area contributed by atoms with Gasteiger partial charge < -0.3 is 10.6 Å². The fourth-order valence-electron chi connectivity index (χ4n) is 2.75. The van der Waals surface area contributed by atoms with Crippen molar-refractivity contribution in [1.82, 2.24) is 10.3 Å². The van der Waals surface area contributed by atoms with Crippen LogP contribution in [0.5, 0.6) is 0 Å². The highest BCUT2D eigenvalue weighted by molar-refractivity contribution is 7.90. The molecule has 1 aromatic carbocycles. The molecule has 0 bridgehead atoms. The number of pyridine rings is 1. The van der Waals surface area contributed by atoms with E-state index in [2.05, 4.69) is 20.0 Å². The summed E-state index contributed by atoms with van der Waals surface area (Å²) in [5.41, 5.74) is 1.44. The van der Waals surface area contributed by atoms with E-state index in [1.807, 2.05) is 19.1 Å². The monoisotopic (exact) mass is 372 g/mol. The summed E-state index contributed by atoms with van der Waals surface area (Å²) < 4.78 is 28.3. The van der Waals surface area contributed by atoms with Gasteiger partial charge in [0.15, 0.2) is 0 Å². The van der Waals surface area contributed by atoms with Gasteiger partial charge in [-0.25, -0.2) is 0 Å². The van der Waals surface area contributed by atoms with Crippen molar-refractivity contribution in [2.75, 3.05) is 5.32 Å². The third kappa shape index (κ3) is 4.45. The number of rotatable bonds is 6. The number of amides is 1. The van der Waals surface area contributed by atoms with E-state index in [1.165, 1.54) is 6.07 Å². The highest BCUT2D eigenvalue weighted by atomic mass is 32.2.